The third kappa shape index (κ3) is 3.19. The smallest absolute Gasteiger partial charge is 0.0589 e. The largest absolute Gasteiger partial charge is 0.383 e. The first-order chi connectivity index (χ1) is 7.83. The molecular weight excluding hydrogens is 200 g/mol. The van der Waals surface area contributed by atoms with Crippen LogP contribution >= 0.6 is 0 Å². The summed E-state index contributed by atoms with van der Waals surface area (Å²) in [6.07, 6.45) is 5.49. The van der Waals surface area contributed by atoms with E-state index in [0.717, 1.165) is 31.2 Å². The van der Waals surface area contributed by atoms with E-state index in [4.69, 9.17) is 4.74 Å². The van der Waals surface area contributed by atoms with Crippen LogP contribution in [0.2, 0.25) is 0 Å². The van der Waals surface area contributed by atoms with Gasteiger partial charge < -0.3 is 10.1 Å². The molecule has 1 saturated heterocycles. The molecule has 0 spiro atoms. The van der Waals surface area contributed by atoms with Gasteiger partial charge in [-0.15, -0.1) is 0 Å². The molecule has 1 heterocycles. The van der Waals surface area contributed by atoms with Gasteiger partial charge in [0.25, 0.3) is 0 Å². The van der Waals surface area contributed by atoms with Gasteiger partial charge in [-0.2, -0.15) is 0 Å². The molecule has 0 aromatic carbocycles. The highest BCUT2D eigenvalue weighted by molar-refractivity contribution is 4.89. The minimum Gasteiger partial charge on any atom is -0.383 e. The Balaban J connectivity index is 1.88. The van der Waals surface area contributed by atoms with Crippen LogP contribution in [0.15, 0.2) is 0 Å². The number of hydrogen-bond acceptors (Lipinski definition) is 3. The summed E-state index contributed by atoms with van der Waals surface area (Å²) in [6.45, 7) is 6.77. The van der Waals surface area contributed by atoms with E-state index in [9.17, 15) is 0 Å². The van der Waals surface area contributed by atoms with Crippen LogP contribution in [0.1, 0.15) is 32.6 Å². The summed E-state index contributed by atoms with van der Waals surface area (Å²) in [5.74, 6) is 0.965. The van der Waals surface area contributed by atoms with Crippen molar-refractivity contribution in [2.24, 2.45) is 5.92 Å². The van der Waals surface area contributed by atoms with Gasteiger partial charge in [-0.1, -0.05) is 0 Å². The van der Waals surface area contributed by atoms with Crippen molar-refractivity contribution in [1.29, 1.82) is 0 Å². The third-order valence-corrected chi connectivity index (χ3v) is 4.16. The molecule has 1 saturated carbocycles. The lowest BCUT2D eigenvalue weighted by molar-refractivity contribution is 0.0676. The standard InChI is InChI=1S/C13H26N2O/c1-11(12-3-4-12)15(9-10-16-2)13-5-7-14-8-6-13/h11-14H,3-10H2,1-2H3. The number of ether oxygens (including phenoxy) is 1. The van der Waals surface area contributed by atoms with E-state index >= 15 is 0 Å². The quantitative estimate of drug-likeness (QED) is 0.742. The average Bonchev–Trinajstić information content (AvgIpc) is 3.14. The Morgan fingerprint density at radius 2 is 1.94 bits per heavy atom. The zero-order chi connectivity index (χ0) is 11.4. The SMILES string of the molecule is COCCN(C1CCNCC1)C(C)C1CC1. The van der Waals surface area contributed by atoms with Crippen LogP contribution in [-0.2, 0) is 4.74 Å². The van der Waals surface area contributed by atoms with Crippen LogP contribution in [0.5, 0.6) is 0 Å². The Morgan fingerprint density at radius 3 is 2.50 bits per heavy atom. The van der Waals surface area contributed by atoms with Crippen LogP contribution in [0, 0.1) is 5.92 Å². The van der Waals surface area contributed by atoms with E-state index in [0.29, 0.717) is 0 Å². The fourth-order valence-electron chi connectivity index (χ4n) is 2.90. The van der Waals surface area contributed by atoms with Gasteiger partial charge in [-0.05, 0) is 51.6 Å². The molecule has 0 aromatic heterocycles. The van der Waals surface area contributed by atoms with E-state index in [1.807, 2.05) is 7.11 Å². The van der Waals surface area contributed by atoms with Crippen molar-refractivity contribution in [2.45, 2.75) is 44.7 Å². The molecule has 0 bridgehead atoms. The van der Waals surface area contributed by atoms with Crippen molar-refractivity contribution in [3.8, 4) is 0 Å². The predicted molar refractivity (Wildman–Crippen MR) is 66.7 cm³/mol. The Kier molecular flexibility index (Phi) is 4.62. The first kappa shape index (κ1) is 12.3. The summed E-state index contributed by atoms with van der Waals surface area (Å²) >= 11 is 0. The molecule has 3 heteroatoms. The van der Waals surface area contributed by atoms with E-state index in [-0.39, 0.29) is 0 Å². The fraction of sp³-hybridized carbons (Fsp3) is 1.00. The molecule has 2 aliphatic rings. The maximum Gasteiger partial charge on any atom is 0.0589 e. The molecule has 2 fully saturated rings. The highest BCUT2D eigenvalue weighted by Crippen LogP contribution is 2.36. The maximum atomic E-state index is 5.26. The lowest BCUT2D eigenvalue weighted by Crippen LogP contribution is -2.49. The van der Waals surface area contributed by atoms with E-state index in [1.165, 1.54) is 38.8 Å². The lowest BCUT2D eigenvalue weighted by Gasteiger charge is -2.39. The van der Waals surface area contributed by atoms with Gasteiger partial charge in [0.2, 0.25) is 0 Å². The highest BCUT2D eigenvalue weighted by atomic mass is 16.5. The summed E-state index contributed by atoms with van der Waals surface area (Å²) in [5, 5.41) is 3.45. The van der Waals surface area contributed by atoms with Crippen LogP contribution in [0.4, 0.5) is 0 Å². The normalized spacial score (nSPS) is 24.9. The second-order valence-corrected chi connectivity index (χ2v) is 5.29. The second kappa shape index (κ2) is 5.99. The molecule has 0 amide bonds. The lowest BCUT2D eigenvalue weighted by atomic mass is 10.0. The summed E-state index contributed by atoms with van der Waals surface area (Å²) in [5.41, 5.74) is 0. The maximum absolute atomic E-state index is 5.26. The summed E-state index contributed by atoms with van der Waals surface area (Å²) in [6, 6.07) is 1.55. The molecule has 94 valence electrons. The van der Waals surface area contributed by atoms with Crippen molar-refractivity contribution in [3.63, 3.8) is 0 Å². The Labute approximate surface area is 99.5 Å². The molecule has 1 atom stereocenters. The molecule has 1 aliphatic heterocycles. The van der Waals surface area contributed by atoms with E-state index < -0.39 is 0 Å². The number of nitrogens with zero attached hydrogens (tertiary/aromatic N) is 1. The van der Waals surface area contributed by atoms with Gasteiger partial charge in [0.1, 0.15) is 0 Å². The summed E-state index contributed by atoms with van der Waals surface area (Å²) in [4.78, 5) is 2.71. The van der Waals surface area contributed by atoms with Crippen LogP contribution in [0.3, 0.4) is 0 Å². The second-order valence-electron chi connectivity index (χ2n) is 5.29. The molecule has 16 heavy (non-hydrogen) atoms. The number of piperidine rings is 1. The minimum atomic E-state index is 0.762. The molecular formula is C13H26N2O. The zero-order valence-corrected chi connectivity index (χ0v) is 10.7. The average molecular weight is 226 g/mol. The van der Waals surface area contributed by atoms with Crippen molar-refractivity contribution < 1.29 is 4.74 Å². The Hall–Kier alpha value is -0.120. The number of rotatable bonds is 6. The van der Waals surface area contributed by atoms with Gasteiger partial charge in [0, 0.05) is 25.7 Å². The molecule has 1 unspecified atom stereocenters. The Morgan fingerprint density at radius 1 is 1.25 bits per heavy atom. The van der Waals surface area contributed by atoms with Crippen LogP contribution in [-0.4, -0.2) is 50.3 Å². The summed E-state index contributed by atoms with van der Waals surface area (Å²) < 4.78 is 5.26. The van der Waals surface area contributed by atoms with Gasteiger partial charge in [-0.3, -0.25) is 4.90 Å². The van der Waals surface area contributed by atoms with Crippen molar-refractivity contribution in [1.82, 2.24) is 10.2 Å². The highest BCUT2D eigenvalue weighted by Gasteiger charge is 2.35. The first-order valence-corrected chi connectivity index (χ1v) is 6.78. The number of nitrogens with one attached hydrogen (secondary N) is 1. The van der Waals surface area contributed by atoms with Gasteiger partial charge in [0.05, 0.1) is 6.61 Å². The van der Waals surface area contributed by atoms with Crippen molar-refractivity contribution in [3.05, 3.63) is 0 Å². The predicted octanol–water partition coefficient (Wildman–Crippen LogP) is 1.49. The monoisotopic (exact) mass is 226 g/mol. The Bertz CT molecular complexity index is 200. The van der Waals surface area contributed by atoms with Crippen molar-refractivity contribution in [2.75, 3.05) is 33.4 Å². The van der Waals surface area contributed by atoms with Gasteiger partial charge >= 0.3 is 0 Å². The van der Waals surface area contributed by atoms with Crippen LogP contribution in [0.25, 0.3) is 0 Å². The molecule has 1 N–H and O–H groups in total. The zero-order valence-electron chi connectivity index (χ0n) is 10.7. The van der Waals surface area contributed by atoms with Crippen LogP contribution < -0.4 is 5.32 Å². The van der Waals surface area contributed by atoms with E-state index in [1.54, 1.807) is 0 Å². The van der Waals surface area contributed by atoms with Crippen molar-refractivity contribution >= 4 is 0 Å². The summed E-state index contributed by atoms with van der Waals surface area (Å²) in [7, 11) is 1.81. The van der Waals surface area contributed by atoms with Gasteiger partial charge in [-0.25, -0.2) is 0 Å². The molecule has 0 aromatic rings. The first-order valence-electron chi connectivity index (χ1n) is 6.78. The van der Waals surface area contributed by atoms with E-state index in [2.05, 4.69) is 17.1 Å². The minimum absolute atomic E-state index is 0.762. The number of hydrogen-bond donors (Lipinski definition) is 1. The molecule has 3 nitrogen and oxygen atoms in total. The third-order valence-electron chi connectivity index (χ3n) is 4.16. The number of methoxy groups -OCH3 is 1. The molecule has 2 rings (SSSR count). The van der Waals surface area contributed by atoms with Gasteiger partial charge in [0.15, 0.2) is 0 Å². The fourth-order valence-corrected chi connectivity index (χ4v) is 2.90. The molecule has 0 radical (unpaired) electrons. The topological polar surface area (TPSA) is 24.5 Å². The molecule has 1 aliphatic carbocycles.